The molecule has 2 atom stereocenters. The third-order valence-corrected chi connectivity index (χ3v) is 5.92. The number of nitrogens with one attached hydrogen (secondary N) is 1. The first-order valence-electron chi connectivity index (χ1n) is 10.8. The van der Waals surface area contributed by atoms with Gasteiger partial charge in [-0.25, -0.2) is 14.8 Å². The Hall–Kier alpha value is -2.64. The van der Waals surface area contributed by atoms with Gasteiger partial charge in [-0.05, 0) is 71.9 Å². The number of amides is 1. The maximum absolute atomic E-state index is 13.1. The quantitative estimate of drug-likeness (QED) is 0.764. The second-order valence-corrected chi connectivity index (χ2v) is 9.20. The number of piperidine rings is 1. The van der Waals surface area contributed by atoms with Gasteiger partial charge in [-0.1, -0.05) is 0 Å². The number of carbonyl (C=O) groups is 2. The van der Waals surface area contributed by atoms with Gasteiger partial charge in [0.15, 0.2) is 5.65 Å². The molecule has 1 N–H and O–H groups in total. The average molecular weight is 415 g/mol. The number of carbonyl (C=O) groups excluding carboxylic acids is 2. The van der Waals surface area contributed by atoms with Gasteiger partial charge in [0, 0.05) is 6.04 Å². The van der Waals surface area contributed by atoms with E-state index in [2.05, 4.69) is 9.97 Å². The lowest BCUT2D eigenvalue weighted by Crippen LogP contribution is -2.53. The monoisotopic (exact) mass is 414 g/mol. The number of rotatable bonds is 4. The number of nitrogens with zero attached hydrogens (tertiary/aromatic N) is 3. The summed E-state index contributed by atoms with van der Waals surface area (Å²) in [5.74, 6) is 0.208. The minimum Gasteiger partial charge on any atom is -0.466 e. The minimum atomic E-state index is -0.544. The molecule has 1 amide bonds. The lowest BCUT2D eigenvalue weighted by atomic mass is 9.85. The lowest BCUT2D eigenvalue weighted by molar-refractivity contribution is -0.142. The highest BCUT2D eigenvalue weighted by molar-refractivity contribution is 5.76. The fourth-order valence-corrected chi connectivity index (χ4v) is 4.80. The van der Waals surface area contributed by atoms with Crippen molar-refractivity contribution in [1.82, 2.24) is 19.9 Å². The number of imidazole rings is 1. The summed E-state index contributed by atoms with van der Waals surface area (Å²) in [6, 6.07) is 4.06. The smallest absolute Gasteiger partial charge is 0.411 e. The molecule has 2 unspecified atom stereocenters. The van der Waals surface area contributed by atoms with Crippen LogP contribution in [0.2, 0.25) is 0 Å². The molecule has 2 bridgehead atoms. The highest BCUT2D eigenvalue weighted by Gasteiger charge is 2.54. The fraction of sp³-hybridized carbons (Fsp3) is 0.636. The Morgan fingerprint density at radius 3 is 2.77 bits per heavy atom. The highest BCUT2D eigenvalue weighted by Crippen LogP contribution is 2.50. The normalized spacial score (nSPS) is 23.6. The lowest BCUT2D eigenvalue weighted by Gasteiger charge is -2.44. The number of aromatic amines is 1. The number of H-pyrrole nitrogens is 1. The zero-order chi connectivity index (χ0) is 21.5. The first kappa shape index (κ1) is 20.6. The molecule has 0 spiro atoms. The maximum Gasteiger partial charge on any atom is 0.411 e. The molecule has 8 nitrogen and oxygen atoms in total. The summed E-state index contributed by atoms with van der Waals surface area (Å²) in [4.78, 5) is 39.3. The maximum atomic E-state index is 13.1. The van der Waals surface area contributed by atoms with Crippen molar-refractivity contribution in [3.63, 3.8) is 0 Å². The summed E-state index contributed by atoms with van der Waals surface area (Å²) < 4.78 is 10.8. The minimum absolute atomic E-state index is 0.0801. The van der Waals surface area contributed by atoms with Crippen LogP contribution in [0.25, 0.3) is 11.2 Å². The van der Waals surface area contributed by atoms with Crippen molar-refractivity contribution >= 4 is 23.2 Å². The van der Waals surface area contributed by atoms with E-state index in [1.165, 1.54) is 0 Å². The number of hydrogen-bond donors (Lipinski definition) is 1. The van der Waals surface area contributed by atoms with Gasteiger partial charge < -0.3 is 14.5 Å². The molecule has 0 aliphatic carbocycles. The summed E-state index contributed by atoms with van der Waals surface area (Å²) in [5.41, 5.74) is 1.18. The highest BCUT2D eigenvalue weighted by atomic mass is 16.6. The standard InChI is InChI=1S/C22H30N4O4/c1-5-29-18(27)13-17-23-15-8-9-16(24-19(15)25-17)22-11-6-7-14(10-12-22)26(22)20(28)30-21(2,3)4/h8-9,14H,5-7,10-13H2,1-4H3,(H,23,24,25). The van der Waals surface area contributed by atoms with Crippen LogP contribution in [0.4, 0.5) is 4.79 Å². The van der Waals surface area contributed by atoms with Crippen LogP contribution in [0.15, 0.2) is 12.1 Å². The number of aromatic nitrogens is 3. The topological polar surface area (TPSA) is 97.4 Å². The third kappa shape index (κ3) is 3.75. The molecule has 30 heavy (non-hydrogen) atoms. The zero-order valence-electron chi connectivity index (χ0n) is 18.2. The second kappa shape index (κ2) is 7.56. The van der Waals surface area contributed by atoms with Crippen LogP contribution in [-0.4, -0.2) is 50.2 Å². The zero-order valence-corrected chi connectivity index (χ0v) is 18.2. The molecule has 8 heteroatoms. The molecular weight excluding hydrogens is 384 g/mol. The SMILES string of the molecule is CCOC(=O)Cc1nc2ccc(C34CCCC(CC3)N4C(=O)OC(C)(C)C)nc2[nH]1. The van der Waals surface area contributed by atoms with Gasteiger partial charge >= 0.3 is 12.1 Å². The van der Waals surface area contributed by atoms with Gasteiger partial charge in [0.25, 0.3) is 0 Å². The summed E-state index contributed by atoms with van der Waals surface area (Å²) in [5, 5.41) is 0. The van der Waals surface area contributed by atoms with E-state index >= 15 is 0 Å². The summed E-state index contributed by atoms with van der Waals surface area (Å²) in [6.07, 6.45) is 4.56. The van der Waals surface area contributed by atoms with E-state index in [-0.39, 0.29) is 24.5 Å². The molecule has 2 aliphatic heterocycles. The Morgan fingerprint density at radius 1 is 1.23 bits per heavy atom. The number of ether oxygens (including phenoxy) is 2. The molecule has 162 valence electrons. The largest absolute Gasteiger partial charge is 0.466 e. The summed E-state index contributed by atoms with van der Waals surface area (Å²) in [7, 11) is 0. The van der Waals surface area contributed by atoms with Crippen molar-refractivity contribution < 1.29 is 19.1 Å². The van der Waals surface area contributed by atoms with Crippen LogP contribution < -0.4 is 0 Å². The predicted octanol–water partition coefficient (Wildman–Crippen LogP) is 3.84. The van der Waals surface area contributed by atoms with Crippen LogP contribution >= 0.6 is 0 Å². The number of hydrogen-bond acceptors (Lipinski definition) is 6. The fourth-order valence-electron chi connectivity index (χ4n) is 4.80. The van der Waals surface area contributed by atoms with E-state index in [0.29, 0.717) is 23.6 Å². The number of esters is 1. The molecular formula is C22H30N4O4. The first-order valence-corrected chi connectivity index (χ1v) is 10.8. The average Bonchev–Trinajstić information content (AvgIpc) is 3.15. The molecule has 2 saturated heterocycles. The van der Waals surface area contributed by atoms with Crippen molar-refractivity contribution in [1.29, 1.82) is 0 Å². The molecule has 2 aromatic rings. The number of pyridine rings is 1. The Morgan fingerprint density at radius 2 is 2.03 bits per heavy atom. The van der Waals surface area contributed by atoms with Gasteiger partial charge in [0.05, 0.1) is 17.8 Å². The second-order valence-electron chi connectivity index (χ2n) is 9.20. The molecule has 4 rings (SSSR count). The third-order valence-electron chi connectivity index (χ3n) is 5.92. The molecule has 2 aromatic heterocycles. The Bertz CT molecular complexity index is 960. The van der Waals surface area contributed by atoms with Crippen LogP contribution in [0.3, 0.4) is 0 Å². The van der Waals surface area contributed by atoms with E-state index in [4.69, 9.17) is 14.5 Å². The van der Waals surface area contributed by atoms with Crippen molar-refractivity contribution in [3.8, 4) is 0 Å². The first-order chi connectivity index (χ1) is 14.2. The molecule has 4 heterocycles. The van der Waals surface area contributed by atoms with E-state index in [1.807, 2.05) is 37.8 Å². The van der Waals surface area contributed by atoms with Gasteiger partial charge in [-0.3, -0.25) is 9.69 Å². The van der Waals surface area contributed by atoms with Gasteiger partial charge in [-0.2, -0.15) is 0 Å². The Kier molecular flexibility index (Phi) is 5.20. The number of fused-ring (bicyclic) bond motifs is 3. The predicted molar refractivity (Wildman–Crippen MR) is 111 cm³/mol. The molecule has 0 saturated carbocycles. The van der Waals surface area contributed by atoms with E-state index in [1.54, 1.807) is 6.92 Å². The van der Waals surface area contributed by atoms with E-state index < -0.39 is 11.1 Å². The van der Waals surface area contributed by atoms with Crippen molar-refractivity contribution in [2.45, 2.75) is 83.4 Å². The Balaban J connectivity index is 1.66. The van der Waals surface area contributed by atoms with Crippen LogP contribution in [0, 0.1) is 0 Å². The van der Waals surface area contributed by atoms with Gasteiger partial charge in [0.1, 0.15) is 23.4 Å². The molecule has 0 aromatic carbocycles. The van der Waals surface area contributed by atoms with Crippen molar-refractivity contribution in [2.24, 2.45) is 0 Å². The van der Waals surface area contributed by atoms with Crippen molar-refractivity contribution in [3.05, 3.63) is 23.7 Å². The van der Waals surface area contributed by atoms with Crippen molar-refractivity contribution in [2.75, 3.05) is 6.61 Å². The Labute approximate surface area is 176 Å². The molecule has 0 radical (unpaired) electrons. The van der Waals surface area contributed by atoms with Crippen LogP contribution in [-0.2, 0) is 26.2 Å². The molecule has 2 aliphatic rings. The van der Waals surface area contributed by atoms with E-state index in [0.717, 1.165) is 37.8 Å². The van der Waals surface area contributed by atoms with Gasteiger partial charge in [0.2, 0.25) is 0 Å². The van der Waals surface area contributed by atoms with Crippen LogP contribution in [0.5, 0.6) is 0 Å². The van der Waals surface area contributed by atoms with E-state index in [9.17, 15) is 9.59 Å². The molecule has 2 fully saturated rings. The van der Waals surface area contributed by atoms with Gasteiger partial charge in [-0.15, -0.1) is 0 Å². The van der Waals surface area contributed by atoms with Crippen LogP contribution in [0.1, 0.15) is 71.3 Å². The summed E-state index contributed by atoms with van der Waals surface area (Å²) in [6.45, 7) is 7.79. The summed E-state index contributed by atoms with van der Waals surface area (Å²) >= 11 is 0.